The van der Waals surface area contributed by atoms with Crippen molar-refractivity contribution in [3.8, 4) is 0 Å². The molecule has 1 atom stereocenters. The number of sulfonamides is 1. The third-order valence-corrected chi connectivity index (χ3v) is 5.08. The highest BCUT2D eigenvalue weighted by Gasteiger charge is 2.18. The highest BCUT2D eigenvalue weighted by atomic mass is 79.9. The van der Waals surface area contributed by atoms with Gasteiger partial charge in [0, 0.05) is 24.2 Å². The molecular weight excluding hydrogens is 344 g/mol. The molecule has 1 aromatic carbocycles. The Balaban J connectivity index is 2.82. The Kier molecular flexibility index (Phi) is 7.11. The third-order valence-electron chi connectivity index (χ3n) is 2.68. The maximum atomic E-state index is 12.2. The van der Waals surface area contributed by atoms with E-state index in [-0.39, 0.29) is 17.5 Å². The SMILES string of the molecule is CCOC(C)CNS(=O)(=O)c1ccc(CNC)cc1Br. The largest absolute Gasteiger partial charge is 0.377 e. The molecule has 0 heterocycles. The molecule has 114 valence electrons. The molecule has 2 N–H and O–H groups in total. The van der Waals surface area contributed by atoms with Gasteiger partial charge in [-0.15, -0.1) is 0 Å². The van der Waals surface area contributed by atoms with Crippen LogP contribution in [-0.4, -0.2) is 34.7 Å². The van der Waals surface area contributed by atoms with Gasteiger partial charge in [-0.1, -0.05) is 6.07 Å². The summed E-state index contributed by atoms with van der Waals surface area (Å²) in [6.07, 6.45) is -0.155. The van der Waals surface area contributed by atoms with E-state index < -0.39 is 10.0 Å². The minimum absolute atomic E-state index is 0.155. The first-order valence-corrected chi connectivity index (χ1v) is 8.72. The van der Waals surface area contributed by atoms with E-state index in [1.807, 2.05) is 20.9 Å². The van der Waals surface area contributed by atoms with Gasteiger partial charge in [0.1, 0.15) is 0 Å². The van der Waals surface area contributed by atoms with Crippen LogP contribution in [0.5, 0.6) is 0 Å². The summed E-state index contributed by atoms with van der Waals surface area (Å²) in [5.41, 5.74) is 1.01. The second-order valence-electron chi connectivity index (χ2n) is 4.41. The molecule has 0 aliphatic rings. The lowest BCUT2D eigenvalue weighted by Gasteiger charge is -2.14. The second-order valence-corrected chi connectivity index (χ2v) is 7.00. The lowest BCUT2D eigenvalue weighted by atomic mass is 10.2. The van der Waals surface area contributed by atoms with E-state index in [1.54, 1.807) is 18.2 Å². The predicted octanol–water partition coefficient (Wildman–Crippen LogP) is 1.87. The summed E-state index contributed by atoms with van der Waals surface area (Å²) in [6.45, 7) is 5.21. The first-order valence-electron chi connectivity index (χ1n) is 6.45. The van der Waals surface area contributed by atoms with Crippen molar-refractivity contribution in [2.45, 2.75) is 31.4 Å². The van der Waals surface area contributed by atoms with Gasteiger partial charge in [-0.3, -0.25) is 0 Å². The average molecular weight is 365 g/mol. The summed E-state index contributed by atoms with van der Waals surface area (Å²) in [5, 5.41) is 3.02. The zero-order chi connectivity index (χ0) is 15.2. The molecule has 0 aromatic heterocycles. The summed E-state index contributed by atoms with van der Waals surface area (Å²) in [4.78, 5) is 0.237. The maximum absolute atomic E-state index is 12.2. The van der Waals surface area contributed by atoms with Crippen LogP contribution in [0.3, 0.4) is 0 Å². The summed E-state index contributed by atoms with van der Waals surface area (Å²) in [5.74, 6) is 0. The Hall–Kier alpha value is -0.470. The van der Waals surface area contributed by atoms with Crippen LogP contribution in [0.1, 0.15) is 19.4 Å². The Morgan fingerprint density at radius 3 is 2.65 bits per heavy atom. The van der Waals surface area contributed by atoms with Gasteiger partial charge in [0.25, 0.3) is 0 Å². The highest BCUT2D eigenvalue weighted by Crippen LogP contribution is 2.23. The monoisotopic (exact) mass is 364 g/mol. The van der Waals surface area contributed by atoms with E-state index in [9.17, 15) is 8.42 Å². The lowest BCUT2D eigenvalue weighted by Crippen LogP contribution is -2.32. The van der Waals surface area contributed by atoms with E-state index in [0.717, 1.165) is 5.56 Å². The zero-order valence-corrected chi connectivity index (χ0v) is 14.3. The smallest absolute Gasteiger partial charge is 0.241 e. The molecule has 0 bridgehead atoms. The number of nitrogens with one attached hydrogen (secondary N) is 2. The van der Waals surface area contributed by atoms with Gasteiger partial charge in [-0.05, 0) is 54.5 Å². The van der Waals surface area contributed by atoms with Crippen LogP contribution in [-0.2, 0) is 21.3 Å². The number of halogens is 1. The van der Waals surface area contributed by atoms with Crippen LogP contribution >= 0.6 is 15.9 Å². The van der Waals surface area contributed by atoms with Crippen molar-refractivity contribution < 1.29 is 13.2 Å². The van der Waals surface area contributed by atoms with Gasteiger partial charge < -0.3 is 10.1 Å². The van der Waals surface area contributed by atoms with Gasteiger partial charge >= 0.3 is 0 Å². The zero-order valence-electron chi connectivity index (χ0n) is 11.9. The first-order chi connectivity index (χ1) is 9.40. The number of ether oxygens (including phenoxy) is 1. The molecule has 1 unspecified atom stereocenters. The number of hydrogen-bond donors (Lipinski definition) is 2. The Labute approximate surface area is 129 Å². The predicted molar refractivity (Wildman–Crippen MR) is 83.2 cm³/mol. The van der Waals surface area contributed by atoms with Gasteiger partial charge in [0.2, 0.25) is 10.0 Å². The molecular formula is C13H21BrN2O3S. The van der Waals surface area contributed by atoms with Crippen molar-refractivity contribution in [1.82, 2.24) is 10.0 Å². The number of rotatable bonds is 8. The standard InChI is InChI=1S/C13H21BrN2O3S/c1-4-19-10(2)8-16-20(17,18)13-6-5-11(9-15-3)7-12(13)14/h5-7,10,15-16H,4,8-9H2,1-3H3. The van der Waals surface area contributed by atoms with Crippen LogP contribution in [0.2, 0.25) is 0 Å². The maximum Gasteiger partial charge on any atom is 0.241 e. The third kappa shape index (κ3) is 5.14. The van der Waals surface area contributed by atoms with Crippen molar-refractivity contribution in [2.24, 2.45) is 0 Å². The van der Waals surface area contributed by atoms with Crippen molar-refractivity contribution >= 4 is 26.0 Å². The molecule has 5 nitrogen and oxygen atoms in total. The Morgan fingerprint density at radius 1 is 1.40 bits per heavy atom. The molecule has 1 rings (SSSR count). The average Bonchev–Trinajstić information content (AvgIpc) is 2.37. The molecule has 0 spiro atoms. The van der Waals surface area contributed by atoms with Crippen LogP contribution in [0.25, 0.3) is 0 Å². The molecule has 1 aromatic rings. The van der Waals surface area contributed by atoms with E-state index in [1.165, 1.54) is 0 Å². The van der Waals surface area contributed by atoms with Crippen LogP contribution < -0.4 is 10.0 Å². The van der Waals surface area contributed by atoms with Gasteiger partial charge in [-0.25, -0.2) is 13.1 Å². The quantitative estimate of drug-likeness (QED) is 0.738. The van der Waals surface area contributed by atoms with Crippen molar-refractivity contribution in [3.63, 3.8) is 0 Å². The van der Waals surface area contributed by atoms with Crippen molar-refractivity contribution in [1.29, 1.82) is 0 Å². The fraction of sp³-hybridized carbons (Fsp3) is 0.538. The minimum Gasteiger partial charge on any atom is -0.377 e. The van der Waals surface area contributed by atoms with Gasteiger partial charge in [-0.2, -0.15) is 0 Å². The molecule has 0 saturated heterocycles. The summed E-state index contributed by atoms with van der Waals surface area (Å²) in [7, 11) is -1.69. The summed E-state index contributed by atoms with van der Waals surface area (Å²) >= 11 is 3.31. The van der Waals surface area contributed by atoms with E-state index in [0.29, 0.717) is 17.6 Å². The lowest BCUT2D eigenvalue weighted by molar-refractivity contribution is 0.0799. The second kappa shape index (κ2) is 8.09. The van der Waals surface area contributed by atoms with Crippen LogP contribution in [0.15, 0.2) is 27.6 Å². The Bertz CT molecular complexity index is 534. The minimum atomic E-state index is -3.53. The molecule has 20 heavy (non-hydrogen) atoms. The first kappa shape index (κ1) is 17.6. The van der Waals surface area contributed by atoms with Crippen LogP contribution in [0.4, 0.5) is 0 Å². The van der Waals surface area contributed by atoms with E-state index in [4.69, 9.17) is 4.74 Å². The molecule has 0 saturated carbocycles. The highest BCUT2D eigenvalue weighted by molar-refractivity contribution is 9.10. The molecule has 0 aliphatic heterocycles. The molecule has 0 amide bonds. The topological polar surface area (TPSA) is 67.4 Å². The molecule has 0 radical (unpaired) electrons. The normalized spacial score (nSPS) is 13.4. The van der Waals surface area contributed by atoms with Crippen LogP contribution in [0, 0.1) is 0 Å². The Morgan fingerprint density at radius 2 is 2.10 bits per heavy atom. The summed E-state index contributed by atoms with van der Waals surface area (Å²) < 4.78 is 32.9. The molecule has 0 aliphatic carbocycles. The van der Waals surface area contributed by atoms with Crippen molar-refractivity contribution in [2.75, 3.05) is 20.2 Å². The number of hydrogen-bond acceptors (Lipinski definition) is 4. The van der Waals surface area contributed by atoms with Gasteiger partial charge in [0.05, 0.1) is 11.0 Å². The van der Waals surface area contributed by atoms with E-state index in [2.05, 4.69) is 26.0 Å². The van der Waals surface area contributed by atoms with Crippen molar-refractivity contribution in [3.05, 3.63) is 28.2 Å². The fourth-order valence-electron chi connectivity index (χ4n) is 1.72. The fourth-order valence-corrected chi connectivity index (χ4v) is 3.96. The molecule has 0 fully saturated rings. The van der Waals surface area contributed by atoms with Gasteiger partial charge in [0.15, 0.2) is 0 Å². The molecule has 7 heteroatoms. The number of benzene rings is 1. The van der Waals surface area contributed by atoms with E-state index >= 15 is 0 Å². The summed E-state index contributed by atoms with van der Waals surface area (Å²) in [6, 6.07) is 5.20.